The number of esters is 1. The lowest BCUT2D eigenvalue weighted by atomic mass is 9.84. The molecule has 0 aliphatic carbocycles. The molecule has 2 aromatic carbocycles. The summed E-state index contributed by atoms with van der Waals surface area (Å²) in [5, 5.41) is 10.9. The van der Waals surface area contributed by atoms with Gasteiger partial charge >= 0.3 is 5.97 Å². The molecule has 5 nitrogen and oxygen atoms in total. The van der Waals surface area contributed by atoms with E-state index in [1.54, 1.807) is 18.2 Å². The lowest BCUT2D eigenvalue weighted by Gasteiger charge is -2.24. The van der Waals surface area contributed by atoms with Gasteiger partial charge in [-0.1, -0.05) is 43.0 Å². The second kappa shape index (κ2) is 6.76. The highest BCUT2D eigenvalue weighted by Crippen LogP contribution is 2.40. The minimum absolute atomic E-state index is 0.159. The molecule has 0 unspecified atom stereocenters. The van der Waals surface area contributed by atoms with Crippen molar-refractivity contribution in [2.75, 3.05) is 13.9 Å². The normalized spacial score (nSPS) is 14.8. The second-order valence-electron chi connectivity index (χ2n) is 5.46. The average molecular weight is 326 g/mol. The maximum absolute atomic E-state index is 12.0. The lowest BCUT2D eigenvalue weighted by Crippen LogP contribution is -2.19. The van der Waals surface area contributed by atoms with Crippen LogP contribution in [0.4, 0.5) is 0 Å². The first-order valence-corrected chi connectivity index (χ1v) is 7.51. The number of aliphatic hydroxyl groups excluding tert-OH is 1. The predicted molar refractivity (Wildman–Crippen MR) is 87.9 cm³/mol. The maximum Gasteiger partial charge on any atom is 0.333 e. The van der Waals surface area contributed by atoms with Gasteiger partial charge in [0.1, 0.15) is 0 Å². The van der Waals surface area contributed by atoms with Gasteiger partial charge in [0.15, 0.2) is 11.5 Å². The van der Waals surface area contributed by atoms with Crippen molar-refractivity contribution in [1.82, 2.24) is 0 Å². The van der Waals surface area contributed by atoms with Crippen molar-refractivity contribution in [1.29, 1.82) is 0 Å². The molecular formula is C19H18O5. The molecule has 5 heteroatoms. The summed E-state index contributed by atoms with van der Waals surface area (Å²) in [5.74, 6) is 0.0266. The number of hydrogen-bond acceptors (Lipinski definition) is 5. The molecule has 24 heavy (non-hydrogen) atoms. The highest BCUT2D eigenvalue weighted by atomic mass is 16.7. The van der Waals surface area contributed by atoms with Crippen LogP contribution in [-0.2, 0) is 9.53 Å². The van der Waals surface area contributed by atoms with Crippen molar-refractivity contribution in [3.63, 3.8) is 0 Å². The summed E-state index contributed by atoms with van der Waals surface area (Å²) in [6.45, 7) is 3.99. The molecule has 0 spiro atoms. The minimum atomic E-state index is -0.978. The van der Waals surface area contributed by atoms with Crippen LogP contribution in [0.3, 0.4) is 0 Å². The number of hydrogen-bond donors (Lipinski definition) is 1. The number of aliphatic hydroxyl groups is 1. The largest absolute Gasteiger partial charge is 0.466 e. The van der Waals surface area contributed by atoms with Crippen molar-refractivity contribution < 1.29 is 24.1 Å². The first-order valence-electron chi connectivity index (χ1n) is 7.51. The zero-order chi connectivity index (χ0) is 17.1. The van der Waals surface area contributed by atoms with Crippen molar-refractivity contribution in [3.8, 4) is 11.5 Å². The number of ether oxygens (including phenoxy) is 3. The Labute approximate surface area is 140 Å². The summed E-state index contributed by atoms with van der Waals surface area (Å²) in [5.41, 5.74) is 1.57. The minimum Gasteiger partial charge on any atom is -0.466 e. The third kappa shape index (κ3) is 2.98. The zero-order valence-electron chi connectivity index (χ0n) is 13.3. The number of benzene rings is 2. The van der Waals surface area contributed by atoms with Gasteiger partial charge in [-0.25, -0.2) is 4.79 Å². The molecule has 2 aromatic rings. The molecule has 3 rings (SSSR count). The monoisotopic (exact) mass is 326 g/mol. The van der Waals surface area contributed by atoms with E-state index in [0.29, 0.717) is 17.1 Å². The topological polar surface area (TPSA) is 65.0 Å². The maximum atomic E-state index is 12.0. The standard InChI is InChI=1S/C19H18O5/c1-12(19(21)22-2)17(13-6-4-3-5-7-13)18(20)14-8-9-15-16(10-14)24-11-23-15/h3-10,17-18,20H,1,11H2,2H3/t17-,18-/m1/s1. The number of rotatable bonds is 5. The van der Waals surface area contributed by atoms with Crippen LogP contribution < -0.4 is 9.47 Å². The van der Waals surface area contributed by atoms with Gasteiger partial charge in [0.2, 0.25) is 6.79 Å². The molecule has 1 heterocycles. The Balaban J connectivity index is 1.98. The first-order chi connectivity index (χ1) is 11.6. The van der Waals surface area contributed by atoms with Crippen molar-refractivity contribution in [3.05, 3.63) is 71.8 Å². The summed E-state index contributed by atoms with van der Waals surface area (Å²) in [4.78, 5) is 12.0. The number of carbonyl (C=O) groups excluding carboxylic acids is 1. The van der Waals surface area contributed by atoms with E-state index in [4.69, 9.17) is 14.2 Å². The van der Waals surface area contributed by atoms with Crippen LogP contribution in [0.15, 0.2) is 60.7 Å². The van der Waals surface area contributed by atoms with Gasteiger partial charge in [-0.15, -0.1) is 0 Å². The quantitative estimate of drug-likeness (QED) is 0.676. The summed E-state index contributed by atoms with van der Waals surface area (Å²) in [6.07, 6.45) is -0.978. The van der Waals surface area contributed by atoms with Crippen LogP contribution >= 0.6 is 0 Å². The van der Waals surface area contributed by atoms with E-state index in [2.05, 4.69) is 6.58 Å². The molecule has 0 saturated carbocycles. The predicted octanol–water partition coefficient (Wildman–Crippen LogP) is 2.96. The Morgan fingerprint density at radius 1 is 1.12 bits per heavy atom. The zero-order valence-corrected chi connectivity index (χ0v) is 13.3. The summed E-state index contributed by atoms with van der Waals surface area (Å²) >= 11 is 0. The van der Waals surface area contributed by atoms with Gasteiger partial charge in [-0.2, -0.15) is 0 Å². The Bertz CT molecular complexity index is 754. The fraction of sp³-hybridized carbons (Fsp3) is 0.211. The third-order valence-corrected chi connectivity index (χ3v) is 4.04. The van der Waals surface area contributed by atoms with Crippen molar-refractivity contribution in [2.24, 2.45) is 0 Å². The van der Waals surface area contributed by atoms with Crippen LogP contribution in [0.5, 0.6) is 11.5 Å². The Hall–Kier alpha value is -2.79. The van der Waals surface area contributed by atoms with Gasteiger partial charge in [0.05, 0.1) is 13.2 Å². The Morgan fingerprint density at radius 2 is 1.83 bits per heavy atom. The number of fused-ring (bicyclic) bond motifs is 1. The smallest absolute Gasteiger partial charge is 0.333 e. The summed E-state index contributed by atoms with van der Waals surface area (Å²) in [6, 6.07) is 14.5. The molecule has 0 bridgehead atoms. The van der Waals surface area contributed by atoms with Crippen LogP contribution in [-0.4, -0.2) is 25.0 Å². The fourth-order valence-electron chi connectivity index (χ4n) is 2.78. The molecular weight excluding hydrogens is 308 g/mol. The lowest BCUT2D eigenvalue weighted by molar-refractivity contribution is -0.136. The highest BCUT2D eigenvalue weighted by Gasteiger charge is 2.30. The van der Waals surface area contributed by atoms with E-state index in [1.165, 1.54) is 7.11 Å². The Morgan fingerprint density at radius 3 is 2.54 bits per heavy atom. The van der Waals surface area contributed by atoms with Crippen LogP contribution in [0, 0.1) is 0 Å². The first kappa shape index (κ1) is 16.1. The summed E-state index contributed by atoms with van der Waals surface area (Å²) in [7, 11) is 1.29. The van der Waals surface area contributed by atoms with E-state index in [0.717, 1.165) is 5.56 Å². The average Bonchev–Trinajstić information content (AvgIpc) is 3.09. The molecule has 0 radical (unpaired) electrons. The molecule has 1 N–H and O–H groups in total. The van der Waals surface area contributed by atoms with E-state index in [9.17, 15) is 9.90 Å². The molecule has 0 saturated heterocycles. The molecule has 0 fully saturated rings. The molecule has 0 amide bonds. The van der Waals surface area contributed by atoms with Gasteiger partial charge in [0, 0.05) is 11.5 Å². The SMILES string of the molecule is C=C(C(=O)OC)[C@H](c1ccccc1)[C@H](O)c1ccc2c(c1)OCO2. The van der Waals surface area contributed by atoms with Gasteiger partial charge in [-0.3, -0.25) is 0 Å². The van der Waals surface area contributed by atoms with Crippen LogP contribution in [0.2, 0.25) is 0 Å². The fourth-order valence-corrected chi connectivity index (χ4v) is 2.78. The van der Waals surface area contributed by atoms with E-state index in [1.807, 2.05) is 30.3 Å². The van der Waals surface area contributed by atoms with Gasteiger partial charge in [-0.05, 0) is 23.3 Å². The van der Waals surface area contributed by atoms with Crippen LogP contribution in [0.25, 0.3) is 0 Å². The van der Waals surface area contributed by atoms with Gasteiger partial charge < -0.3 is 19.3 Å². The van der Waals surface area contributed by atoms with Crippen LogP contribution in [0.1, 0.15) is 23.1 Å². The number of carbonyl (C=O) groups is 1. The second-order valence-corrected chi connectivity index (χ2v) is 5.46. The Kier molecular flexibility index (Phi) is 4.53. The van der Waals surface area contributed by atoms with E-state index in [-0.39, 0.29) is 12.4 Å². The molecule has 1 aliphatic heterocycles. The molecule has 2 atom stereocenters. The highest BCUT2D eigenvalue weighted by molar-refractivity contribution is 5.89. The van der Waals surface area contributed by atoms with E-state index >= 15 is 0 Å². The third-order valence-electron chi connectivity index (χ3n) is 4.04. The number of methoxy groups -OCH3 is 1. The van der Waals surface area contributed by atoms with Crippen molar-refractivity contribution in [2.45, 2.75) is 12.0 Å². The molecule has 1 aliphatic rings. The molecule has 124 valence electrons. The van der Waals surface area contributed by atoms with E-state index < -0.39 is 18.0 Å². The van der Waals surface area contributed by atoms with Crippen molar-refractivity contribution >= 4 is 5.97 Å². The van der Waals surface area contributed by atoms with Gasteiger partial charge in [0.25, 0.3) is 0 Å². The summed E-state index contributed by atoms with van der Waals surface area (Å²) < 4.78 is 15.4. The molecule has 0 aromatic heterocycles.